The van der Waals surface area contributed by atoms with Crippen LogP contribution in [0.4, 0.5) is 27.9 Å². The minimum atomic E-state index is -0.311. The standard InChI is InChI=1S/C20H19FN8/c1-29(2)20-26-18(24-15-9-7-14(21)8-10-15)25-19(27-20)28-23-12-13-11-22-17-6-4-3-5-16(13)17/h3-12,22H,1-2H3,(H2,24,25,26,27,28). The molecule has 0 unspecified atom stereocenters. The number of halogens is 1. The van der Waals surface area contributed by atoms with Gasteiger partial charge in [0.2, 0.25) is 17.8 Å². The molecule has 0 aliphatic carbocycles. The highest BCUT2D eigenvalue weighted by molar-refractivity contribution is 5.99. The van der Waals surface area contributed by atoms with Crippen LogP contribution in [0, 0.1) is 5.82 Å². The lowest BCUT2D eigenvalue weighted by Gasteiger charge is -2.13. The number of aromatic nitrogens is 4. The third-order valence-electron chi connectivity index (χ3n) is 4.11. The van der Waals surface area contributed by atoms with E-state index in [1.807, 2.05) is 44.6 Å². The van der Waals surface area contributed by atoms with Gasteiger partial charge in [-0.2, -0.15) is 20.1 Å². The van der Waals surface area contributed by atoms with Gasteiger partial charge in [-0.1, -0.05) is 18.2 Å². The highest BCUT2D eigenvalue weighted by Gasteiger charge is 2.08. The van der Waals surface area contributed by atoms with Crippen molar-refractivity contribution in [3.05, 3.63) is 66.1 Å². The summed E-state index contributed by atoms with van der Waals surface area (Å²) in [5.74, 6) is 0.744. The fourth-order valence-corrected chi connectivity index (χ4v) is 2.69. The lowest BCUT2D eigenvalue weighted by Crippen LogP contribution is -2.15. The first-order valence-corrected chi connectivity index (χ1v) is 8.90. The van der Waals surface area contributed by atoms with Crippen LogP contribution in [0.3, 0.4) is 0 Å². The van der Waals surface area contributed by atoms with Crippen molar-refractivity contribution >= 4 is 40.6 Å². The second-order valence-electron chi connectivity index (χ2n) is 6.47. The Morgan fingerprint density at radius 1 is 1.00 bits per heavy atom. The molecule has 0 spiro atoms. The molecule has 2 aromatic heterocycles. The van der Waals surface area contributed by atoms with E-state index in [2.05, 4.69) is 35.8 Å². The predicted octanol–water partition coefficient (Wildman–Crippen LogP) is 3.75. The van der Waals surface area contributed by atoms with Crippen molar-refractivity contribution in [2.24, 2.45) is 5.10 Å². The number of hydrogen-bond donors (Lipinski definition) is 3. The Labute approximate surface area is 166 Å². The molecule has 4 aromatic rings. The van der Waals surface area contributed by atoms with E-state index in [0.717, 1.165) is 16.5 Å². The number of para-hydroxylation sites is 1. The number of benzene rings is 2. The SMILES string of the molecule is CN(C)c1nc(NN=Cc2c[nH]c3ccccc23)nc(Nc2ccc(F)cc2)n1. The highest BCUT2D eigenvalue weighted by Crippen LogP contribution is 2.18. The highest BCUT2D eigenvalue weighted by atomic mass is 19.1. The number of hydrogen-bond acceptors (Lipinski definition) is 7. The average molecular weight is 390 g/mol. The average Bonchev–Trinajstić information content (AvgIpc) is 3.13. The van der Waals surface area contributed by atoms with Crippen LogP contribution in [0.5, 0.6) is 0 Å². The summed E-state index contributed by atoms with van der Waals surface area (Å²) < 4.78 is 13.1. The van der Waals surface area contributed by atoms with Gasteiger partial charge in [-0.05, 0) is 30.3 Å². The summed E-state index contributed by atoms with van der Waals surface area (Å²) in [5.41, 5.74) is 5.49. The third kappa shape index (κ3) is 4.29. The summed E-state index contributed by atoms with van der Waals surface area (Å²) in [5, 5.41) is 8.36. The fourth-order valence-electron chi connectivity index (χ4n) is 2.69. The molecule has 8 nitrogen and oxygen atoms in total. The lowest BCUT2D eigenvalue weighted by atomic mass is 10.2. The first kappa shape index (κ1) is 18.4. The molecule has 9 heteroatoms. The summed E-state index contributed by atoms with van der Waals surface area (Å²) in [4.78, 5) is 18.0. The summed E-state index contributed by atoms with van der Waals surface area (Å²) >= 11 is 0. The third-order valence-corrected chi connectivity index (χ3v) is 4.11. The molecular formula is C20H19FN8. The molecule has 3 N–H and O–H groups in total. The molecule has 2 aromatic carbocycles. The molecular weight excluding hydrogens is 371 g/mol. The number of hydrazone groups is 1. The molecule has 146 valence electrons. The van der Waals surface area contributed by atoms with E-state index in [1.54, 1.807) is 23.2 Å². The number of H-pyrrole nitrogens is 1. The van der Waals surface area contributed by atoms with E-state index >= 15 is 0 Å². The van der Waals surface area contributed by atoms with Crippen molar-refractivity contribution in [3.63, 3.8) is 0 Å². The largest absolute Gasteiger partial charge is 0.361 e. The van der Waals surface area contributed by atoms with Crippen LogP contribution in [0.15, 0.2) is 59.8 Å². The quantitative estimate of drug-likeness (QED) is 0.343. The van der Waals surface area contributed by atoms with Crippen LogP contribution in [0.1, 0.15) is 5.56 Å². The molecule has 0 amide bonds. The normalized spacial score (nSPS) is 11.1. The van der Waals surface area contributed by atoms with E-state index in [1.165, 1.54) is 12.1 Å². The van der Waals surface area contributed by atoms with E-state index < -0.39 is 0 Å². The van der Waals surface area contributed by atoms with Crippen LogP contribution in [-0.2, 0) is 0 Å². The molecule has 0 aliphatic rings. The Kier molecular flexibility index (Phi) is 5.02. The monoisotopic (exact) mass is 390 g/mol. The van der Waals surface area contributed by atoms with Crippen LogP contribution in [0.25, 0.3) is 10.9 Å². The van der Waals surface area contributed by atoms with Gasteiger partial charge in [-0.3, -0.25) is 0 Å². The zero-order valence-electron chi connectivity index (χ0n) is 15.9. The van der Waals surface area contributed by atoms with E-state index in [9.17, 15) is 4.39 Å². The van der Waals surface area contributed by atoms with E-state index in [4.69, 9.17) is 0 Å². The first-order valence-electron chi connectivity index (χ1n) is 8.90. The van der Waals surface area contributed by atoms with E-state index in [0.29, 0.717) is 17.6 Å². The molecule has 0 fully saturated rings. The minimum Gasteiger partial charge on any atom is -0.361 e. The van der Waals surface area contributed by atoms with Crippen molar-refractivity contribution < 1.29 is 4.39 Å². The van der Waals surface area contributed by atoms with Crippen LogP contribution in [0.2, 0.25) is 0 Å². The number of fused-ring (bicyclic) bond motifs is 1. The van der Waals surface area contributed by atoms with Gasteiger partial charge in [-0.15, -0.1) is 0 Å². The van der Waals surface area contributed by atoms with Gasteiger partial charge in [0.1, 0.15) is 5.82 Å². The molecule has 0 saturated heterocycles. The molecule has 2 heterocycles. The van der Waals surface area contributed by atoms with Gasteiger partial charge in [0.15, 0.2) is 0 Å². The molecule has 0 aliphatic heterocycles. The fraction of sp³-hybridized carbons (Fsp3) is 0.100. The van der Waals surface area contributed by atoms with Gasteiger partial charge >= 0.3 is 0 Å². The topological polar surface area (TPSA) is 94.1 Å². The van der Waals surface area contributed by atoms with Crippen molar-refractivity contribution in [1.29, 1.82) is 0 Å². The number of aromatic amines is 1. The zero-order chi connectivity index (χ0) is 20.2. The smallest absolute Gasteiger partial charge is 0.250 e. The number of nitrogens with zero attached hydrogens (tertiary/aromatic N) is 5. The maximum atomic E-state index is 13.1. The van der Waals surface area contributed by atoms with Gasteiger partial charge in [0, 0.05) is 42.4 Å². The molecule has 0 saturated carbocycles. The van der Waals surface area contributed by atoms with Crippen LogP contribution < -0.4 is 15.6 Å². The molecule has 29 heavy (non-hydrogen) atoms. The predicted molar refractivity (Wildman–Crippen MR) is 113 cm³/mol. The zero-order valence-corrected chi connectivity index (χ0v) is 15.9. The van der Waals surface area contributed by atoms with Crippen molar-refractivity contribution in [3.8, 4) is 0 Å². The molecule has 4 rings (SSSR count). The Morgan fingerprint density at radius 3 is 2.55 bits per heavy atom. The van der Waals surface area contributed by atoms with Crippen LogP contribution in [-0.4, -0.2) is 40.2 Å². The van der Waals surface area contributed by atoms with Gasteiger partial charge in [0.05, 0.1) is 6.21 Å². The lowest BCUT2D eigenvalue weighted by molar-refractivity contribution is 0.628. The molecule has 0 bridgehead atoms. The Bertz CT molecular complexity index is 1150. The molecule has 0 radical (unpaired) electrons. The summed E-state index contributed by atoms with van der Waals surface area (Å²) in [6.07, 6.45) is 3.58. The summed E-state index contributed by atoms with van der Waals surface area (Å²) in [6.45, 7) is 0. The first-order chi connectivity index (χ1) is 14.1. The van der Waals surface area contributed by atoms with Crippen molar-refractivity contribution in [2.45, 2.75) is 0 Å². The van der Waals surface area contributed by atoms with Gasteiger partial charge < -0.3 is 15.2 Å². The Balaban J connectivity index is 1.55. The minimum absolute atomic E-state index is 0.282. The Morgan fingerprint density at radius 2 is 1.76 bits per heavy atom. The summed E-state index contributed by atoms with van der Waals surface area (Å²) in [6, 6.07) is 13.9. The number of anilines is 4. The Hall–Kier alpha value is -4.01. The van der Waals surface area contributed by atoms with Crippen molar-refractivity contribution in [2.75, 3.05) is 29.7 Å². The van der Waals surface area contributed by atoms with Crippen molar-refractivity contribution in [1.82, 2.24) is 19.9 Å². The van der Waals surface area contributed by atoms with Gasteiger partial charge in [0.25, 0.3) is 0 Å². The second kappa shape index (κ2) is 7.93. The van der Waals surface area contributed by atoms with Crippen LogP contribution >= 0.6 is 0 Å². The van der Waals surface area contributed by atoms with E-state index in [-0.39, 0.29) is 11.8 Å². The number of nitrogens with one attached hydrogen (secondary N) is 3. The maximum absolute atomic E-state index is 13.1. The maximum Gasteiger partial charge on any atom is 0.250 e. The second-order valence-corrected chi connectivity index (χ2v) is 6.47. The molecule has 0 atom stereocenters. The number of rotatable bonds is 6. The summed E-state index contributed by atoms with van der Waals surface area (Å²) in [7, 11) is 3.66. The van der Waals surface area contributed by atoms with Gasteiger partial charge in [-0.25, -0.2) is 9.82 Å².